The van der Waals surface area contributed by atoms with Gasteiger partial charge >= 0.3 is 0 Å². The van der Waals surface area contributed by atoms with Crippen molar-refractivity contribution in [3.63, 3.8) is 0 Å². The third-order valence-corrected chi connectivity index (χ3v) is 3.24. The molecule has 0 saturated carbocycles. The topological polar surface area (TPSA) is 86.8 Å². The van der Waals surface area contributed by atoms with Gasteiger partial charge in [0.05, 0.1) is 0 Å². The molecule has 1 aromatic rings. The molecule has 3 rings (SSSR count). The summed E-state index contributed by atoms with van der Waals surface area (Å²) in [5, 5.41) is 16.4. The van der Waals surface area contributed by atoms with Gasteiger partial charge in [0.2, 0.25) is 0 Å². The number of hydrogen-bond donors (Lipinski definition) is 2. The van der Waals surface area contributed by atoms with E-state index < -0.39 is 0 Å². The Kier molecular flexibility index (Phi) is 1.91. The molecule has 15 heavy (non-hydrogen) atoms. The second kappa shape index (κ2) is 3.27. The summed E-state index contributed by atoms with van der Waals surface area (Å²) in [5.41, 5.74) is 0. The fraction of sp³-hybridized carbons (Fsp3) is 0.750. The van der Waals surface area contributed by atoms with Crippen molar-refractivity contribution in [3.8, 4) is 0 Å². The number of hydrogen-bond acceptors (Lipinski definition) is 5. The van der Waals surface area contributed by atoms with E-state index in [1.807, 2.05) is 4.90 Å². The lowest BCUT2D eigenvalue weighted by molar-refractivity contribution is 0.0724. The minimum atomic E-state index is -0.111. The van der Waals surface area contributed by atoms with E-state index in [0.29, 0.717) is 12.0 Å². The molecule has 0 spiro atoms. The molecule has 2 aliphatic rings. The van der Waals surface area contributed by atoms with Crippen LogP contribution in [-0.4, -0.2) is 57.1 Å². The van der Waals surface area contributed by atoms with Crippen LogP contribution in [-0.2, 0) is 0 Å². The highest BCUT2D eigenvalue weighted by atomic mass is 16.2. The number of aromatic amines is 1. The van der Waals surface area contributed by atoms with E-state index >= 15 is 0 Å². The third kappa shape index (κ3) is 1.30. The highest BCUT2D eigenvalue weighted by molar-refractivity contribution is 5.90. The van der Waals surface area contributed by atoms with Crippen LogP contribution in [0.2, 0.25) is 0 Å². The van der Waals surface area contributed by atoms with Crippen molar-refractivity contribution in [2.75, 3.05) is 19.6 Å². The molecule has 2 fully saturated rings. The van der Waals surface area contributed by atoms with Crippen molar-refractivity contribution in [3.05, 3.63) is 5.82 Å². The third-order valence-electron chi connectivity index (χ3n) is 3.24. The molecule has 0 radical (unpaired) electrons. The molecular weight excluding hydrogens is 196 g/mol. The van der Waals surface area contributed by atoms with Gasteiger partial charge in [-0.05, 0) is 17.6 Å². The second-order valence-corrected chi connectivity index (χ2v) is 4.01. The molecule has 7 heteroatoms. The van der Waals surface area contributed by atoms with Crippen LogP contribution in [0.4, 0.5) is 0 Å². The highest BCUT2D eigenvalue weighted by Crippen LogP contribution is 2.27. The van der Waals surface area contributed by atoms with Crippen LogP contribution in [0.25, 0.3) is 0 Å². The Labute approximate surface area is 86.2 Å². The van der Waals surface area contributed by atoms with Crippen molar-refractivity contribution in [2.45, 2.75) is 12.5 Å². The summed E-state index contributed by atoms with van der Waals surface area (Å²) < 4.78 is 0. The molecule has 0 aliphatic carbocycles. The van der Waals surface area contributed by atoms with Crippen molar-refractivity contribution >= 4 is 5.91 Å². The number of carbonyl (C=O) groups excluding carboxylic acids is 1. The van der Waals surface area contributed by atoms with Crippen LogP contribution in [0.1, 0.15) is 17.0 Å². The van der Waals surface area contributed by atoms with E-state index in [2.05, 4.69) is 25.9 Å². The number of rotatable bonds is 1. The standard InChI is InChI=1S/C8H12N6O/c15-8(7-10-12-13-11-7)14-2-1-5-3-9-4-6(5)14/h5-6,9H,1-4H2,(H,10,11,12,13)/t5-,6+/m0/s1. The van der Waals surface area contributed by atoms with Gasteiger partial charge in [0, 0.05) is 25.7 Å². The van der Waals surface area contributed by atoms with Crippen LogP contribution in [0, 0.1) is 5.92 Å². The van der Waals surface area contributed by atoms with Gasteiger partial charge in [-0.15, -0.1) is 10.2 Å². The second-order valence-electron chi connectivity index (χ2n) is 4.01. The first-order valence-electron chi connectivity index (χ1n) is 5.11. The van der Waals surface area contributed by atoms with Gasteiger partial charge in [-0.25, -0.2) is 0 Å². The molecule has 80 valence electrons. The number of nitrogens with one attached hydrogen (secondary N) is 2. The summed E-state index contributed by atoms with van der Waals surface area (Å²) in [6, 6.07) is 0.316. The summed E-state index contributed by atoms with van der Waals surface area (Å²) in [4.78, 5) is 13.8. The first kappa shape index (κ1) is 8.78. The van der Waals surface area contributed by atoms with Gasteiger partial charge in [-0.3, -0.25) is 4.79 Å². The summed E-state index contributed by atoms with van der Waals surface area (Å²) in [6.45, 7) is 2.71. The maximum absolute atomic E-state index is 12.0. The summed E-state index contributed by atoms with van der Waals surface area (Å²) in [5.74, 6) is 0.656. The number of amides is 1. The number of likely N-dealkylation sites (tertiary alicyclic amines) is 1. The maximum atomic E-state index is 12.0. The average molecular weight is 208 g/mol. The maximum Gasteiger partial charge on any atom is 0.295 e. The van der Waals surface area contributed by atoms with Gasteiger partial charge in [0.1, 0.15) is 0 Å². The van der Waals surface area contributed by atoms with E-state index in [9.17, 15) is 4.79 Å². The predicted octanol–water partition coefficient (Wildman–Crippen LogP) is -1.37. The molecule has 3 heterocycles. The van der Waals surface area contributed by atoms with Crippen molar-refractivity contribution in [2.24, 2.45) is 5.92 Å². The zero-order valence-corrected chi connectivity index (χ0v) is 8.18. The molecule has 2 aliphatic heterocycles. The Bertz CT molecular complexity index is 363. The first-order valence-corrected chi connectivity index (χ1v) is 5.11. The molecule has 0 aromatic carbocycles. The van der Waals surface area contributed by atoms with Crippen molar-refractivity contribution < 1.29 is 4.79 Å². The number of H-pyrrole nitrogens is 1. The van der Waals surface area contributed by atoms with Crippen LogP contribution in [0.15, 0.2) is 0 Å². The van der Waals surface area contributed by atoms with E-state index in [1.54, 1.807) is 0 Å². The predicted molar refractivity (Wildman–Crippen MR) is 50.0 cm³/mol. The highest BCUT2D eigenvalue weighted by Gasteiger charge is 2.41. The summed E-state index contributed by atoms with van der Waals surface area (Å²) in [6.07, 6.45) is 1.07. The van der Waals surface area contributed by atoms with Gasteiger partial charge in [0.25, 0.3) is 11.7 Å². The molecule has 0 unspecified atom stereocenters. The van der Waals surface area contributed by atoms with Gasteiger partial charge in [-0.2, -0.15) is 5.21 Å². The lowest BCUT2D eigenvalue weighted by atomic mass is 10.1. The molecule has 1 aromatic heterocycles. The summed E-state index contributed by atoms with van der Waals surface area (Å²) in [7, 11) is 0. The lowest BCUT2D eigenvalue weighted by Crippen LogP contribution is -2.39. The molecule has 2 atom stereocenters. The zero-order chi connectivity index (χ0) is 10.3. The van der Waals surface area contributed by atoms with Crippen LogP contribution in [0.5, 0.6) is 0 Å². The van der Waals surface area contributed by atoms with Gasteiger partial charge in [-0.1, -0.05) is 0 Å². The van der Waals surface area contributed by atoms with Gasteiger partial charge in [0.15, 0.2) is 0 Å². The average Bonchev–Trinajstić information content (AvgIpc) is 2.94. The van der Waals surface area contributed by atoms with Crippen LogP contribution >= 0.6 is 0 Å². The first-order chi connectivity index (χ1) is 7.36. The zero-order valence-electron chi connectivity index (χ0n) is 8.18. The molecular formula is C8H12N6O. The van der Waals surface area contributed by atoms with Gasteiger partial charge < -0.3 is 10.2 Å². The normalized spacial score (nSPS) is 29.5. The van der Waals surface area contributed by atoms with Crippen molar-refractivity contribution in [1.82, 2.24) is 30.8 Å². The largest absolute Gasteiger partial charge is 0.331 e. The van der Waals surface area contributed by atoms with E-state index in [4.69, 9.17) is 0 Å². The Morgan fingerprint density at radius 1 is 1.47 bits per heavy atom. The minimum absolute atomic E-state index is 0.111. The number of aromatic nitrogens is 4. The number of tetrazole rings is 1. The Morgan fingerprint density at radius 3 is 3.20 bits per heavy atom. The lowest BCUT2D eigenvalue weighted by Gasteiger charge is -2.21. The molecule has 0 bridgehead atoms. The van der Waals surface area contributed by atoms with E-state index in [0.717, 1.165) is 26.1 Å². The van der Waals surface area contributed by atoms with Crippen LogP contribution in [0.3, 0.4) is 0 Å². The quantitative estimate of drug-likeness (QED) is 0.595. The Morgan fingerprint density at radius 2 is 2.40 bits per heavy atom. The number of nitrogens with zero attached hydrogens (tertiary/aromatic N) is 4. The van der Waals surface area contributed by atoms with Crippen LogP contribution < -0.4 is 5.32 Å². The fourth-order valence-corrected chi connectivity index (χ4v) is 2.48. The number of fused-ring (bicyclic) bond motifs is 1. The SMILES string of the molecule is O=C(c1nn[nH]n1)N1CC[C@H]2CNC[C@H]21. The molecule has 2 N–H and O–H groups in total. The minimum Gasteiger partial charge on any atom is -0.331 e. The van der Waals surface area contributed by atoms with E-state index in [1.165, 1.54) is 0 Å². The fourth-order valence-electron chi connectivity index (χ4n) is 2.48. The summed E-state index contributed by atoms with van der Waals surface area (Å²) >= 11 is 0. The molecule has 2 saturated heterocycles. The molecule has 1 amide bonds. The van der Waals surface area contributed by atoms with E-state index in [-0.39, 0.29) is 11.7 Å². The Hall–Kier alpha value is -1.50. The Balaban J connectivity index is 1.80. The monoisotopic (exact) mass is 208 g/mol. The number of carbonyl (C=O) groups is 1. The smallest absolute Gasteiger partial charge is 0.295 e. The molecule has 7 nitrogen and oxygen atoms in total. The van der Waals surface area contributed by atoms with Crippen molar-refractivity contribution in [1.29, 1.82) is 0 Å².